The van der Waals surface area contributed by atoms with Crippen molar-refractivity contribution in [3.8, 4) is 18.1 Å². The Morgan fingerprint density at radius 2 is 2.00 bits per heavy atom. The fraction of sp³-hybridized carbons (Fsp3) is 0.190. The Bertz CT molecular complexity index is 954. The standard InChI is InChI=1S/C21H19FN2O2/c1-3-11-24(14-16-4-6-18(22)7-5-16)21(25)15-23-12-10-17-13-19(26-2)8-9-20(17)23/h1,4-10,12-13H,11,14-15H2,2H3. The van der Waals surface area contributed by atoms with Gasteiger partial charge in [0.1, 0.15) is 18.1 Å². The number of carbonyl (C=O) groups is 1. The first kappa shape index (κ1) is 17.6. The highest BCUT2D eigenvalue weighted by atomic mass is 19.1. The van der Waals surface area contributed by atoms with Crippen LogP contribution >= 0.6 is 0 Å². The van der Waals surface area contributed by atoms with Crippen molar-refractivity contribution in [2.24, 2.45) is 0 Å². The largest absolute Gasteiger partial charge is 0.497 e. The zero-order chi connectivity index (χ0) is 18.5. The monoisotopic (exact) mass is 350 g/mol. The number of terminal acetylenes is 1. The molecule has 0 saturated heterocycles. The van der Waals surface area contributed by atoms with E-state index in [0.717, 1.165) is 22.2 Å². The summed E-state index contributed by atoms with van der Waals surface area (Å²) in [5.41, 5.74) is 1.78. The van der Waals surface area contributed by atoms with Gasteiger partial charge in [-0.2, -0.15) is 0 Å². The van der Waals surface area contributed by atoms with Gasteiger partial charge < -0.3 is 14.2 Å². The zero-order valence-electron chi connectivity index (χ0n) is 14.5. The Balaban J connectivity index is 1.77. The van der Waals surface area contributed by atoms with E-state index < -0.39 is 0 Å². The molecule has 0 bridgehead atoms. The Labute approximate surface area is 151 Å². The molecule has 3 rings (SSSR count). The van der Waals surface area contributed by atoms with Crippen molar-refractivity contribution in [2.75, 3.05) is 13.7 Å². The van der Waals surface area contributed by atoms with E-state index in [-0.39, 0.29) is 24.8 Å². The molecule has 132 valence electrons. The van der Waals surface area contributed by atoms with Crippen LogP contribution in [0.5, 0.6) is 5.75 Å². The molecule has 0 saturated carbocycles. The minimum atomic E-state index is -0.308. The molecule has 26 heavy (non-hydrogen) atoms. The molecule has 0 spiro atoms. The average molecular weight is 350 g/mol. The number of fused-ring (bicyclic) bond motifs is 1. The summed E-state index contributed by atoms with van der Waals surface area (Å²) in [6.45, 7) is 0.721. The number of hydrogen-bond acceptors (Lipinski definition) is 2. The summed E-state index contributed by atoms with van der Waals surface area (Å²) in [7, 11) is 1.62. The van der Waals surface area contributed by atoms with E-state index >= 15 is 0 Å². The second kappa shape index (κ2) is 7.75. The maximum absolute atomic E-state index is 13.1. The van der Waals surface area contributed by atoms with E-state index in [9.17, 15) is 9.18 Å². The Morgan fingerprint density at radius 1 is 1.23 bits per heavy atom. The SMILES string of the molecule is C#CCN(Cc1ccc(F)cc1)C(=O)Cn1ccc2cc(OC)ccc21. The normalized spacial score (nSPS) is 10.5. The van der Waals surface area contributed by atoms with Crippen LogP contribution in [0.15, 0.2) is 54.7 Å². The van der Waals surface area contributed by atoms with Gasteiger partial charge in [0, 0.05) is 23.6 Å². The lowest BCUT2D eigenvalue weighted by molar-refractivity contribution is -0.131. The second-order valence-electron chi connectivity index (χ2n) is 5.95. The maximum Gasteiger partial charge on any atom is 0.243 e. The summed E-state index contributed by atoms with van der Waals surface area (Å²) in [6.07, 6.45) is 7.29. The van der Waals surface area contributed by atoms with Gasteiger partial charge in [0.2, 0.25) is 5.91 Å². The first-order chi connectivity index (χ1) is 12.6. The number of carbonyl (C=O) groups excluding carboxylic acids is 1. The van der Waals surface area contributed by atoms with Crippen molar-refractivity contribution < 1.29 is 13.9 Å². The second-order valence-corrected chi connectivity index (χ2v) is 5.95. The number of benzene rings is 2. The van der Waals surface area contributed by atoms with E-state index in [1.807, 2.05) is 35.0 Å². The number of hydrogen-bond donors (Lipinski definition) is 0. The topological polar surface area (TPSA) is 34.5 Å². The first-order valence-electron chi connectivity index (χ1n) is 8.19. The van der Waals surface area contributed by atoms with Crippen LogP contribution in [-0.2, 0) is 17.9 Å². The molecule has 0 unspecified atom stereocenters. The molecule has 1 heterocycles. The molecule has 0 aliphatic heterocycles. The molecule has 5 heteroatoms. The third-order valence-corrected chi connectivity index (χ3v) is 4.21. The predicted molar refractivity (Wildman–Crippen MR) is 99.1 cm³/mol. The van der Waals surface area contributed by atoms with Crippen molar-refractivity contribution in [1.29, 1.82) is 0 Å². The lowest BCUT2D eigenvalue weighted by Crippen LogP contribution is -2.33. The van der Waals surface area contributed by atoms with Crippen molar-refractivity contribution in [3.63, 3.8) is 0 Å². The number of aromatic nitrogens is 1. The molecule has 1 aromatic heterocycles. The van der Waals surface area contributed by atoms with Gasteiger partial charge in [0.15, 0.2) is 0 Å². The minimum Gasteiger partial charge on any atom is -0.497 e. The summed E-state index contributed by atoms with van der Waals surface area (Å²) >= 11 is 0. The number of amides is 1. The molecular formula is C21H19FN2O2. The van der Waals surface area contributed by atoms with Crippen molar-refractivity contribution in [3.05, 3.63) is 66.1 Å². The van der Waals surface area contributed by atoms with Crippen LogP contribution in [0.25, 0.3) is 10.9 Å². The molecule has 1 amide bonds. The summed E-state index contributed by atoms with van der Waals surface area (Å²) in [4.78, 5) is 14.3. The molecule has 0 aliphatic carbocycles. The van der Waals surface area contributed by atoms with E-state index in [2.05, 4.69) is 5.92 Å². The highest BCUT2D eigenvalue weighted by Gasteiger charge is 2.15. The molecule has 0 atom stereocenters. The Morgan fingerprint density at radius 3 is 2.69 bits per heavy atom. The highest BCUT2D eigenvalue weighted by molar-refractivity contribution is 5.84. The highest BCUT2D eigenvalue weighted by Crippen LogP contribution is 2.22. The first-order valence-corrected chi connectivity index (χ1v) is 8.19. The van der Waals surface area contributed by atoms with E-state index in [1.165, 1.54) is 12.1 Å². The van der Waals surface area contributed by atoms with Gasteiger partial charge in [-0.05, 0) is 42.0 Å². The van der Waals surface area contributed by atoms with Gasteiger partial charge >= 0.3 is 0 Å². The summed E-state index contributed by atoms with van der Waals surface area (Å²) in [5.74, 6) is 2.88. The third kappa shape index (κ3) is 3.86. The molecule has 3 aromatic rings. The molecule has 0 fully saturated rings. The lowest BCUT2D eigenvalue weighted by Gasteiger charge is -2.21. The van der Waals surface area contributed by atoms with E-state index in [0.29, 0.717) is 6.54 Å². The van der Waals surface area contributed by atoms with Crippen LogP contribution in [0.3, 0.4) is 0 Å². The quantitative estimate of drug-likeness (QED) is 0.638. The molecule has 2 aromatic carbocycles. The lowest BCUT2D eigenvalue weighted by atomic mass is 10.2. The van der Waals surface area contributed by atoms with Crippen LogP contribution in [0.4, 0.5) is 4.39 Å². The van der Waals surface area contributed by atoms with Gasteiger partial charge in [-0.25, -0.2) is 4.39 Å². The van der Waals surface area contributed by atoms with E-state index in [4.69, 9.17) is 11.2 Å². The molecular weight excluding hydrogens is 331 g/mol. The zero-order valence-corrected chi connectivity index (χ0v) is 14.5. The fourth-order valence-electron chi connectivity index (χ4n) is 2.84. The van der Waals surface area contributed by atoms with Crippen LogP contribution in [-0.4, -0.2) is 29.0 Å². The summed E-state index contributed by atoms with van der Waals surface area (Å²) in [6, 6.07) is 13.7. The smallest absolute Gasteiger partial charge is 0.243 e. The average Bonchev–Trinajstić information content (AvgIpc) is 3.05. The molecule has 4 nitrogen and oxygen atoms in total. The number of ether oxygens (including phenoxy) is 1. The fourth-order valence-corrected chi connectivity index (χ4v) is 2.84. The van der Waals surface area contributed by atoms with Gasteiger partial charge in [-0.3, -0.25) is 4.79 Å². The number of nitrogens with zero attached hydrogens (tertiary/aromatic N) is 2. The number of rotatable bonds is 6. The summed E-state index contributed by atoms with van der Waals surface area (Å²) in [5, 5.41) is 0.999. The van der Waals surface area contributed by atoms with Crippen LogP contribution in [0.1, 0.15) is 5.56 Å². The van der Waals surface area contributed by atoms with Crippen molar-refractivity contribution in [1.82, 2.24) is 9.47 Å². The van der Waals surface area contributed by atoms with Crippen LogP contribution < -0.4 is 4.74 Å². The molecule has 0 radical (unpaired) electrons. The van der Waals surface area contributed by atoms with Gasteiger partial charge in [0.25, 0.3) is 0 Å². The van der Waals surface area contributed by atoms with Gasteiger partial charge in [-0.1, -0.05) is 18.1 Å². The Kier molecular flexibility index (Phi) is 5.23. The predicted octanol–water partition coefficient (Wildman–Crippen LogP) is 3.45. The maximum atomic E-state index is 13.1. The molecule has 0 N–H and O–H groups in total. The molecule has 0 aliphatic rings. The van der Waals surface area contributed by atoms with Crippen LogP contribution in [0.2, 0.25) is 0 Å². The number of methoxy groups -OCH3 is 1. The number of halogens is 1. The Hall–Kier alpha value is -3.26. The van der Waals surface area contributed by atoms with Crippen molar-refractivity contribution in [2.45, 2.75) is 13.1 Å². The summed E-state index contributed by atoms with van der Waals surface area (Å²) < 4.78 is 20.2. The van der Waals surface area contributed by atoms with Gasteiger partial charge in [0.05, 0.1) is 13.7 Å². The minimum absolute atomic E-state index is 0.0967. The van der Waals surface area contributed by atoms with Crippen LogP contribution in [0, 0.1) is 18.2 Å². The third-order valence-electron chi connectivity index (χ3n) is 4.21. The van der Waals surface area contributed by atoms with Gasteiger partial charge in [-0.15, -0.1) is 6.42 Å². The van der Waals surface area contributed by atoms with Crippen molar-refractivity contribution >= 4 is 16.8 Å². The van der Waals surface area contributed by atoms with E-state index in [1.54, 1.807) is 24.1 Å².